The second kappa shape index (κ2) is 9.51. The molecule has 0 saturated carbocycles. The second-order valence-electron chi connectivity index (χ2n) is 11.5. The predicted molar refractivity (Wildman–Crippen MR) is 132 cm³/mol. The number of allylic oxidation sites excluding steroid dienone is 4. The van der Waals surface area contributed by atoms with Crippen LogP contribution in [0.4, 0.5) is 0 Å². The van der Waals surface area contributed by atoms with Gasteiger partial charge in [-0.1, -0.05) is 47.6 Å². The average Bonchev–Trinajstić information content (AvgIpc) is 2.70. The molecule has 0 spiro atoms. The van der Waals surface area contributed by atoms with Crippen LogP contribution >= 0.6 is 0 Å². The van der Waals surface area contributed by atoms with E-state index < -0.39 is 22.7 Å². The molecule has 0 amide bonds. The maximum atomic E-state index is 13.3. The Morgan fingerprint density at radius 1 is 0.857 bits per heavy atom. The van der Waals surface area contributed by atoms with Crippen LogP contribution in [0.15, 0.2) is 40.9 Å². The quantitative estimate of drug-likeness (QED) is 0.391. The zero-order chi connectivity index (χ0) is 26.3. The lowest BCUT2D eigenvalue weighted by Crippen LogP contribution is -2.33. The van der Waals surface area contributed by atoms with Crippen molar-refractivity contribution in [1.82, 2.24) is 0 Å². The molecule has 3 rings (SSSR count). The summed E-state index contributed by atoms with van der Waals surface area (Å²) in [6, 6.07) is 4.77. The predicted octanol–water partition coefficient (Wildman–Crippen LogP) is 5.74. The first-order chi connectivity index (χ1) is 16.2. The first kappa shape index (κ1) is 26.5. The number of carbonyl (C=O) groups excluding carboxylic acids is 3. The Kier molecular flexibility index (Phi) is 7.21. The minimum absolute atomic E-state index is 0.0801. The highest BCUT2D eigenvalue weighted by atomic mass is 16.6. The fourth-order valence-corrected chi connectivity index (χ4v) is 4.91. The molecule has 0 bridgehead atoms. The smallest absolute Gasteiger partial charge is 0.313 e. The third kappa shape index (κ3) is 5.60. The van der Waals surface area contributed by atoms with Gasteiger partial charge in [0.1, 0.15) is 11.5 Å². The molecule has 2 aliphatic carbocycles. The lowest BCUT2D eigenvalue weighted by molar-refractivity contribution is -0.137. The highest BCUT2D eigenvalue weighted by molar-refractivity contribution is 6.05. The summed E-state index contributed by atoms with van der Waals surface area (Å²) in [7, 11) is 1.43. The number of esters is 1. The van der Waals surface area contributed by atoms with Crippen molar-refractivity contribution in [2.45, 2.75) is 73.1 Å². The summed E-state index contributed by atoms with van der Waals surface area (Å²) in [6.07, 6.45) is 0.967. The first-order valence-corrected chi connectivity index (χ1v) is 12.0. The highest BCUT2D eigenvalue weighted by Crippen LogP contribution is 2.48. The van der Waals surface area contributed by atoms with E-state index in [9.17, 15) is 24.6 Å². The number of aliphatic hydroxyl groups excluding tert-OH is 2. The van der Waals surface area contributed by atoms with Crippen LogP contribution in [0.1, 0.15) is 78.7 Å². The number of hydrogen-bond donors (Lipinski definition) is 2. The summed E-state index contributed by atoms with van der Waals surface area (Å²) in [5.74, 6) is -1.98. The van der Waals surface area contributed by atoms with Gasteiger partial charge >= 0.3 is 5.97 Å². The third-order valence-corrected chi connectivity index (χ3v) is 6.57. The van der Waals surface area contributed by atoms with Crippen molar-refractivity contribution in [2.24, 2.45) is 16.7 Å². The minimum Gasteiger partial charge on any atom is -0.512 e. The monoisotopic (exact) mass is 484 g/mol. The summed E-state index contributed by atoms with van der Waals surface area (Å²) in [5, 5.41) is 22.0. The van der Waals surface area contributed by atoms with Crippen LogP contribution in [0.2, 0.25) is 0 Å². The van der Waals surface area contributed by atoms with Gasteiger partial charge in [0.25, 0.3) is 0 Å². The Labute approximate surface area is 206 Å². The van der Waals surface area contributed by atoms with Crippen molar-refractivity contribution >= 4 is 17.5 Å². The molecule has 2 aliphatic rings. The van der Waals surface area contributed by atoms with E-state index in [1.807, 2.05) is 27.7 Å². The van der Waals surface area contributed by atoms with Crippen LogP contribution in [-0.2, 0) is 14.4 Å². The van der Waals surface area contributed by atoms with E-state index in [0.29, 0.717) is 5.56 Å². The van der Waals surface area contributed by atoms with Gasteiger partial charge in [0, 0.05) is 42.7 Å². The fraction of sp³-hybridized carbons (Fsp3) is 0.536. The minimum atomic E-state index is -0.967. The molecule has 2 N–H and O–H groups in total. The molecule has 35 heavy (non-hydrogen) atoms. The number of hydrogen-bond acceptors (Lipinski definition) is 7. The molecular formula is C28H36O7. The zero-order valence-electron chi connectivity index (χ0n) is 21.7. The van der Waals surface area contributed by atoms with E-state index in [1.165, 1.54) is 7.11 Å². The van der Waals surface area contributed by atoms with Gasteiger partial charge in [-0.3, -0.25) is 14.4 Å². The van der Waals surface area contributed by atoms with Crippen molar-refractivity contribution in [3.8, 4) is 11.5 Å². The van der Waals surface area contributed by atoms with Crippen molar-refractivity contribution in [3.05, 3.63) is 46.4 Å². The molecule has 0 unspecified atom stereocenters. The Balaban J connectivity index is 2.21. The third-order valence-electron chi connectivity index (χ3n) is 6.57. The Bertz CT molecular complexity index is 1070. The topological polar surface area (TPSA) is 110 Å². The SMILES string of the molecule is COc1cc(C(C2=C(O)CC(C)(C)CC2=O)C2=C(O)CC(C)(C)CC2=O)ccc1OC(=O)C(C)C. The molecule has 0 heterocycles. The molecule has 0 saturated heterocycles. The number of aliphatic hydroxyl groups is 2. The van der Waals surface area contributed by atoms with Crippen LogP contribution < -0.4 is 9.47 Å². The maximum absolute atomic E-state index is 13.3. The van der Waals surface area contributed by atoms with E-state index in [4.69, 9.17) is 9.47 Å². The number of Topliss-reactive ketones (excluding diaryl/α,β-unsaturated/α-hetero) is 2. The summed E-state index contributed by atoms with van der Waals surface area (Å²) < 4.78 is 10.9. The summed E-state index contributed by atoms with van der Waals surface area (Å²) in [6.45, 7) is 11.0. The largest absolute Gasteiger partial charge is 0.512 e. The average molecular weight is 485 g/mol. The molecule has 0 aromatic heterocycles. The maximum Gasteiger partial charge on any atom is 0.313 e. The van der Waals surface area contributed by atoms with Crippen molar-refractivity contribution < 1.29 is 34.1 Å². The van der Waals surface area contributed by atoms with Gasteiger partial charge in [-0.15, -0.1) is 0 Å². The van der Waals surface area contributed by atoms with Crippen LogP contribution in [0, 0.1) is 16.7 Å². The number of ether oxygens (including phenoxy) is 2. The van der Waals surface area contributed by atoms with Crippen LogP contribution in [-0.4, -0.2) is 34.9 Å². The molecule has 1 aromatic carbocycles. The van der Waals surface area contributed by atoms with Gasteiger partial charge in [0.2, 0.25) is 0 Å². The summed E-state index contributed by atoms with van der Waals surface area (Å²) in [5.41, 5.74) is -0.121. The van der Waals surface area contributed by atoms with Gasteiger partial charge in [0.05, 0.1) is 13.0 Å². The van der Waals surface area contributed by atoms with E-state index in [2.05, 4.69) is 0 Å². The standard InChI is InChI=1S/C28H36O7/c1-15(2)26(33)35-21-9-8-16(10-22(21)34-7)23(24-17(29)11-27(3,4)12-18(24)30)25-19(31)13-28(5,6)14-20(25)32/h8-10,15,23,29,31H,11-14H2,1-7H3. The van der Waals surface area contributed by atoms with E-state index >= 15 is 0 Å². The van der Waals surface area contributed by atoms with Crippen molar-refractivity contribution in [2.75, 3.05) is 7.11 Å². The first-order valence-electron chi connectivity index (χ1n) is 12.0. The molecular weight excluding hydrogens is 448 g/mol. The van der Waals surface area contributed by atoms with E-state index in [1.54, 1.807) is 32.0 Å². The molecule has 190 valence electrons. The molecule has 0 radical (unpaired) electrons. The van der Waals surface area contributed by atoms with E-state index in [0.717, 1.165) is 0 Å². The van der Waals surface area contributed by atoms with Crippen molar-refractivity contribution in [3.63, 3.8) is 0 Å². The Morgan fingerprint density at radius 3 is 1.74 bits per heavy atom. The molecule has 7 heteroatoms. The number of benzene rings is 1. The van der Waals surface area contributed by atoms with Crippen LogP contribution in [0.5, 0.6) is 11.5 Å². The fourth-order valence-electron chi connectivity index (χ4n) is 4.91. The highest BCUT2D eigenvalue weighted by Gasteiger charge is 2.43. The second-order valence-corrected chi connectivity index (χ2v) is 11.5. The number of rotatable bonds is 6. The zero-order valence-corrected chi connectivity index (χ0v) is 21.7. The van der Waals surface area contributed by atoms with Gasteiger partial charge < -0.3 is 19.7 Å². The molecule has 0 fully saturated rings. The number of methoxy groups -OCH3 is 1. The van der Waals surface area contributed by atoms with Crippen LogP contribution in [0.3, 0.4) is 0 Å². The Hall–Kier alpha value is -3.09. The van der Waals surface area contributed by atoms with Gasteiger partial charge in [-0.2, -0.15) is 0 Å². The molecule has 7 nitrogen and oxygen atoms in total. The molecule has 0 aliphatic heterocycles. The number of carbonyl (C=O) groups is 3. The Morgan fingerprint density at radius 2 is 1.34 bits per heavy atom. The van der Waals surface area contributed by atoms with Gasteiger partial charge in [-0.05, 0) is 28.5 Å². The van der Waals surface area contributed by atoms with Crippen LogP contribution in [0.25, 0.3) is 0 Å². The number of ketones is 2. The lowest BCUT2D eigenvalue weighted by Gasteiger charge is -2.36. The van der Waals surface area contributed by atoms with Gasteiger partial charge in [-0.25, -0.2) is 0 Å². The summed E-state index contributed by atoms with van der Waals surface area (Å²) in [4.78, 5) is 38.8. The normalized spacial score (nSPS) is 20.0. The molecule has 1 aromatic rings. The summed E-state index contributed by atoms with van der Waals surface area (Å²) >= 11 is 0. The lowest BCUT2D eigenvalue weighted by atomic mass is 9.67. The van der Waals surface area contributed by atoms with Crippen molar-refractivity contribution in [1.29, 1.82) is 0 Å². The van der Waals surface area contributed by atoms with Gasteiger partial charge in [0.15, 0.2) is 23.1 Å². The van der Waals surface area contributed by atoms with E-state index in [-0.39, 0.29) is 77.3 Å². The molecule has 0 atom stereocenters.